The summed E-state index contributed by atoms with van der Waals surface area (Å²) in [5, 5.41) is 1.13. The molecule has 2 aliphatic rings. The molecule has 0 aliphatic carbocycles. The SMILES string of the molecule is CCOc1cccc2oc(C3CC4CCC(C3)N4C(C)C)cc12.O=S(=O)(O)C(F)(F)F. The molecule has 4 rings (SSSR count). The number of nitrogens with zero attached hydrogens (tertiary/aromatic N) is 1. The number of furan rings is 1. The molecule has 2 aromatic rings. The molecule has 1 aromatic carbocycles. The van der Waals surface area contributed by atoms with E-state index in [4.69, 9.17) is 22.1 Å². The van der Waals surface area contributed by atoms with Gasteiger partial charge in [0.1, 0.15) is 17.1 Å². The van der Waals surface area contributed by atoms with E-state index < -0.39 is 15.6 Å². The number of alkyl halides is 3. The molecule has 0 spiro atoms. The van der Waals surface area contributed by atoms with Crippen LogP contribution >= 0.6 is 0 Å². The van der Waals surface area contributed by atoms with Crippen molar-refractivity contribution in [2.45, 2.75) is 76.0 Å². The second-order valence-corrected chi connectivity index (χ2v) is 9.68. The van der Waals surface area contributed by atoms with Crippen LogP contribution in [-0.4, -0.2) is 48.1 Å². The predicted molar refractivity (Wildman–Crippen MR) is 111 cm³/mol. The summed E-state index contributed by atoms with van der Waals surface area (Å²) in [5.74, 6) is 2.67. The quantitative estimate of drug-likeness (QED) is 0.487. The topological polar surface area (TPSA) is 80.0 Å². The summed E-state index contributed by atoms with van der Waals surface area (Å²) in [4.78, 5) is 2.74. The Hall–Kier alpha value is -1.78. The van der Waals surface area contributed by atoms with E-state index in [1.54, 1.807) is 0 Å². The van der Waals surface area contributed by atoms with Gasteiger partial charge in [0.15, 0.2) is 0 Å². The number of rotatable bonds is 4. The van der Waals surface area contributed by atoms with Crippen LogP contribution in [0.5, 0.6) is 5.75 Å². The van der Waals surface area contributed by atoms with Gasteiger partial charge in [-0.05, 0) is 64.7 Å². The van der Waals surface area contributed by atoms with Gasteiger partial charge in [-0.15, -0.1) is 0 Å². The fourth-order valence-corrected chi connectivity index (χ4v) is 4.83. The molecule has 2 unspecified atom stereocenters. The minimum Gasteiger partial charge on any atom is -0.493 e. The smallest absolute Gasteiger partial charge is 0.493 e. The number of hydrogen-bond acceptors (Lipinski definition) is 5. The molecule has 0 amide bonds. The van der Waals surface area contributed by atoms with Crippen LogP contribution in [0.1, 0.15) is 58.1 Å². The summed E-state index contributed by atoms with van der Waals surface area (Å²) in [7, 11) is -5.84. The van der Waals surface area contributed by atoms with Crippen molar-refractivity contribution in [3.05, 3.63) is 30.0 Å². The molecule has 10 heteroatoms. The molecule has 2 aliphatic heterocycles. The average Bonchev–Trinajstić information content (AvgIpc) is 3.20. The van der Waals surface area contributed by atoms with E-state index in [2.05, 4.69) is 30.9 Å². The fourth-order valence-electron chi connectivity index (χ4n) is 4.83. The highest BCUT2D eigenvalue weighted by molar-refractivity contribution is 7.86. The second kappa shape index (κ2) is 8.99. The van der Waals surface area contributed by atoms with Crippen molar-refractivity contribution in [2.24, 2.45) is 0 Å². The third-order valence-electron chi connectivity index (χ3n) is 5.92. The largest absolute Gasteiger partial charge is 0.522 e. The van der Waals surface area contributed by atoms with Crippen LogP contribution in [0.15, 0.2) is 28.7 Å². The number of fused-ring (bicyclic) bond motifs is 3. The maximum absolute atomic E-state index is 10.7. The van der Waals surface area contributed by atoms with E-state index in [-0.39, 0.29) is 0 Å². The highest BCUT2D eigenvalue weighted by Gasteiger charge is 2.44. The highest BCUT2D eigenvalue weighted by atomic mass is 32.2. The van der Waals surface area contributed by atoms with Gasteiger partial charge in [-0.3, -0.25) is 9.45 Å². The second-order valence-electron chi connectivity index (χ2n) is 8.26. The molecule has 1 aromatic heterocycles. The lowest BCUT2D eigenvalue weighted by Gasteiger charge is -2.41. The van der Waals surface area contributed by atoms with Gasteiger partial charge in [-0.1, -0.05) is 6.07 Å². The van der Waals surface area contributed by atoms with Crippen molar-refractivity contribution in [3.8, 4) is 5.75 Å². The summed E-state index contributed by atoms with van der Waals surface area (Å²) in [6, 6.07) is 10.5. The summed E-state index contributed by atoms with van der Waals surface area (Å²) in [6.45, 7) is 7.39. The zero-order valence-corrected chi connectivity index (χ0v) is 18.5. The van der Waals surface area contributed by atoms with Crippen molar-refractivity contribution in [1.29, 1.82) is 0 Å². The average molecular weight is 464 g/mol. The Morgan fingerprint density at radius 1 is 1.23 bits per heavy atom. The van der Waals surface area contributed by atoms with E-state index in [1.165, 1.54) is 25.7 Å². The standard InChI is InChI=1S/C20H27NO2.CHF3O3S/c1-4-22-18-6-5-7-19-17(18)12-20(23-19)14-10-15-8-9-16(11-14)21(15)13(2)3;2-1(3,4)8(5,6)7/h5-7,12-16H,4,8-11H2,1-3H3;(H,5,6,7). The molecule has 2 fully saturated rings. The predicted octanol–water partition coefficient (Wildman–Crippen LogP) is 5.34. The first-order valence-electron chi connectivity index (χ1n) is 10.4. The zero-order chi connectivity index (χ0) is 23.0. The molecule has 6 nitrogen and oxygen atoms in total. The maximum Gasteiger partial charge on any atom is 0.522 e. The van der Waals surface area contributed by atoms with Gasteiger partial charge in [0.05, 0.1) is 12.0 Å². The van der Waals surface area contributed by atoms with Gasteiger partial charge < -0.3 is 9.15 Å². The number of halogens is 3. The van der Waals surface area contributed by atoms with Crippen molar-refractivity contribution < 1.29 is 35.3 Å². The normalized spacial score (nSPS) is 24.3. The van der Waals surface area contributed by atoms with Crippen molar-refractivity contribution in [2.75, 3.05) is 6.61 Å². The van der Waals surface area contributed by atoms with Crippen molar-refractivity contribution >= 4 is 21.1 Å². The van der Waals surface area contributed by atoms with E-state index in [0.717, 1.165) is 34.6 Å². The Bertz CT molecular complexity index is 988. The van der Waals surface area contributed by atoms with Crippen molar-refractivity contribution in [3.63, 3.8) is 0 Å². The number of ether oxygens (including phenoxy) is 1. The Kier molecular flexibility index (Phi) is 6.93. The molecular formula is C21H28F3NO5S. The molecule has 2 bridgehead atoms. The third kappa shape index (κ3) is 5.18. The van der Waals surface area contributed by atoms with Gasteiger partial charge >= 0.3 is 15.6 Å². The van der Waals surface area contributed by atoms with E-state index >= 15 is 0 Å². The van der Waals surface area contributed by atoms with Crippen LogP contribution in [0.25, 0.3) is 11.0 Å². The minimum absolute atomic E-state index is 0.560. The Morgan fingerprint density at radius 3 is 2.29 bits per heavy atom. The summed E-state index contributed by atoms with van der Waals surface area (Å²) < 4.78 is 69.5. The molecule has 31 heavy (non-hydrogen) atoms. The van der Waals surface area contributed by atoms with Gasteiger partial charge in [0.25, 0.3) is 0 Å². The molecule has 1 N–H and O–H groups in total. The lowest BCUT2D eigenvalue weighted by molar-refractivity contribution is -0.0510. The highest BCUT2D eigenvalue weighted by Crippen LogP contribution is 2.45. The lowest BCUT2D eigenvalue weighted by atomic mass is 9.88. The van der Waals surface area contributed by atoms with Crippen LogP contribution in [0, 0.1) is 0 Å². The van der Waals surface area contributed by atoms with Crippen LogP contribution < -0.4 is 4.74 Å². The van der Waals surface area contributed by atoms with Crippen LogP contribution in [0.4, 0.5) is 13.2 Å². The first-order chi connectivity index (χ1) is 14.4. The Balaban J connectivity index is 0.000000293. The van der Waals surface area contributed by atoms with Gasteiger partial charge in [0, 0.05) is 24.0 Å². The molecule has 174 valence electrons. The van der Waals surface area contributed by atoms with Crippen LogP contribution in [-0.2, 0) is 10.1 Å². The fraction of sp³-hybridized carbons (Fsp3) is 0.619. The van der Waals surface area contributed by atoms with Crippen molar-refractivity contribution in [1.82, 2.24) is 4.90 Å². The third-order valence-corrected chi connectivity index (χ3v) is 6.51. The van der Waals surface area contributed by atoms with Gasteiger partial charge in [0.2, 0.25) is 0 Å². The van der Waals surface area contributed by atoms with E-state index in [0.29, 0.717) is 18.6 Å². The Morgan fingerprint density at radius 2 is 1.81 bits per heavy atom. The molecule has 2 atom stereocenters. The van der Waals surface area contributed by atoms with Gasteiger partial charge in [-0.2, -0.15) is 21.6 Å². The number of piperidine rings is 1. The van der Waals surface area contributed by atoms with E-state index in [9.17, 15) is 13.2 Å². The van der Waals surface area contributed by atoms with Gasteiger partial charge in [-0.25, -0.2) is 0 Å². The first-order valence-corrected chi connectivity index (χ1v) is 11.8. The molecule has 3 heterocycles. The number of benzene rings is 1. The molecule has 2 saturated heterocycles. The zero-order valence-electron chi connectivity index (χ0n) is 17.7. The molecule has 0 radical (unpaired) electrons. The monoisotopic (exact) mass is 463 g/mol. The number of hydrogen-bond donors (Lipinski definition) is 1. The molecular weight excluding hydrogens is 435 g/mol. The van der Waals surface area contributed by atoms with Crippen LogP contribution in [0.2, 0.25) is 0 Å². The van der Waals surface area contributed by atoms with E-state index in [1.807, 2.05) is 19.1 Å². The summed E-state index contributed by atoms with van der Waals surface area (Å²) in [5.41, 5.74) is -4.57. The lowest BCUT2D eigenvalue weighted by Crippen LogP contribution is -2.46. The summed E-state index contributed by atoms with van der Waals surface area (Å²) >= 11 is 0. The first kappa shape index (κ1) is 23.9. The maximum atomic E-state index is 10.7. The van der Waals surface area contributed by atoms with Crippen LogP contribution in [0.3, 0.4) is 0 Å². The minimum atomic E-state index is -5.84. The Labute approximate surface area is 180 Å². The summed E-state index contributed by atoms with van der Waals surface area (Å²) in [6.07, 6.45) is 5.17. The molecule has 0 saturated carbocycles.